The first-order chi connectivity index (χ1) is 8.99. The van der Waals surface area contributed by atoms with Crippen LogP contribution in [0.5, 0.6) is 0 Å². The predicted octanol–water partition coefficient (Wildman–Crippen LogP) is 2.92. The van der Waals surface area contributed by atoms with Gasteiger partial charge in [0.25, 0.3) is 12.3 Å². The minimum absolute atomic E-state index is 0.239. The maximum Gasteiger partial charge on any atom is 0.282 e. The lowest BCUT2D eigenvalue weighted by Crippen LogP contribution is -2.15. The van der Waals surface area contributed by atoms with Crippen molar-refractivity contribution >= 4 is 11.7 Å². The van der Waals surface area contributed by atoms with E-state index in [1.807, 2.05) is 19.1 Å². The number of rotatable bonds is 3. The van der Waals surface area contributed by atoms with E-state index in [2.05, 4.69) is 10.4 Å². The Hall–Kier alpha value is -2.24. The first-order valence-electron chi connectivity index (χ1n) is 5.68. The normalized spacial score (nSPS) is 10.8. The molecule has 0 aliphatic rings. The minimum Gasteiger partial charge on any atom is -0.307 e. The number of hydrogen-bond donors (Lipinski definition) is 1. The number of carbonyl (C=O) groups excluding carboxylic acids is 1. The molecule has 0 unspecified atom stereocenters. The number of aryl methyl sites for hydroxylation is 2. The Kier molecular flexibility index (Phi) is 3.59. The molecule has 6 heteroatoms. The van der Waals surface area contributed by atoms with Crippen LogP contribution in [0.1, 0.15) is 28.0 Å². The van der Waals surface area contributed by atoms with Gasteiger partial charge in [-0.1, -0.05) is 18.2 Å². The van der Waals surface area contributed by atoms with Crippen molar-refractivity contribution in [2.24, 2.45) is 7.05 Å². The topological polar surface area (TPSA) is 46.9 Å². The molecule has 2 rings (SSSR count). The second-order valence-electron chi connectivity index (χ2n) is 4.15. The average Bonchev–Trinajstić information content (AvgIpc) is 2.71. The molecule has 0 saturated heterocycles. The van der Waals surface area contributed by atoms with Crippen LogP contribution < -0.4 is 5.32 Å². The number of anilines is 1. The number of hydrogen-bond acceptors (Lipinski definition) is 2. The Bertz CT molecular complexity index is 608. The van der Waals surface area contributed by atoms with E-state index in [9.17, 15) is 13.6 Å². The van der Waals surface area contributed by atoms with Gasteiger partial charge in [-0.05, 0) is 18.6 Å². The molecule has 1 heterocycles. The first kappa shape index (κ1) is 13.2. The minimum atomic E-state index is -2.66. The van der Waals surface area contributed by atoms with Crippen LogP contribution in [0.25, 0.3) is 0 Å². The van der Waals surface area contributed by atoms with Gasteiger partial charge in [0.1, 0.15) is 11.5 Å². The lowest BCUT2D eigenvalue weighted by atomic mass is 10.1. The summed E-state index contributed by atoms with van der Waals surface area (Å²) in [5.74, 6) is -0.106. The monoisotopic (exact) mass is 265 g/mol. The Labute approximate surface area is 109 Å². The molecule has 100 valence electrons. The van der Waals surface area contributed by atoms with Crippen molar-refractivity contribution in [2.75, 3.05) is 5.32 Å². The van der Waals surface area contributed by atoms with Gasteiger partial charge in [-0.2, -0.15) is 5.10 Å². The summed E-state index contributed by atoms with van der Waals surface area (Å²) >= 11 is 0. The summed E-state index contributed by atoms with van der Waals surface area (Å²) in [4.78, 5) is 12.0. The van der Waals surface area contributed by atoms with Crippen molar-refractivity contribution in [3.05, 3.63) is 47.2 Å². The van der Waals surface area contributed by atoms with Crippen LogP contribution in [0.4, 0.5) is 14.6 Å². The third-order valence-corrected chi connectivity index (χ3v) is 2.75. The molecule has 1 aromatic heterocycles. The van der Waals surface area contributed by atoms with Gasteiger partial charge < -0.3 is 5.32 Å². The fourth-order valence-corrected chi connectivity index (χ4v) is 1.72. The summed E-state index contributed by atoms with van der Waals surface area (Å²) in [6, 6.07) is 8.22. The molecule has 1 amide bonds. The first-order valence-corrected chi connectivity index (χ1v) is 5.68. The van der Waals surface area contributed by atoms with E-state index in [0.29, 0.717) is 5.56 Å². The number of nitrogens with one attached hydrogen (secondary N) is 1. The van der Waals surface area contributed by atoms with E-state index in [4.69, 9.17) is 0 Å². The smallest absolute Gasteiger partial charge is 0.282 e. The number of nitrogens with zero attached hydrogens (tertiary/aromatic N) is 2. The highest BCUT2D eigenvalue weighted by molar-refractivity contribution is 6.04. The van der Waals surface area contributed by atoms with Crippen LogP contribution in [-0.4, -0.2) is 15.7 Å². The SMILES string of the molecule is Cc1ccccc1C(=O)Nc1cc(C(F)F)nn1C. The van der Waals surface area contributed by atoms with Crippen LogP contribution in [0.3, 0.4) is 0 Å². The van der Waals surface area contributed by atoms with Crippen molar-refractivity contribution in [1.29, 1.82) is 0 Å². The van der Waals surface area contributed by atoms with E-state index in [0.717, 1.165) is 5.56 Å². The number of alkyl halides is 2. The molecule has 0 aliphatic heterocycles. The van der Waals surface area contributed by atoms with Crippen LogP contribution in [0.15, 0.2) is 30.3 Å². The lowest BCUT2D eigenvalue weighted by molar-refractivity contribution is 0.102. The summed E-state index contributed by atoms with van der Waals surface area (Å²) in [6.07, 6.45) is -2.66. The molecule has 0 atom stereocenters. The Morgan fingerprint density at radius 1 is 1.37 bits per heavy atom. The van der Waals surface area contributed by atoms with Gasteiger partial charge >= 0.3 is 0 Å². The maximum absolute atomic E-state index is 12.5. The highest BCUT2D eigenvalue weighted by Gasteiger charge is 2.16. The summed E-state index contributed by atoms with van der Waals surface area (Å²) in [6.45, 7) is 1.81. The highest BCUT2D eigenvalue weighted by Crippen LogP contribution is 2.21. The molecule has 2 aromatic rings. The van der Waals surface area contributed by atoms with Gasteiger partial charge in [0.05, 0.1) is 0 Å². The summed E-state index contributed by atoms with van der Waals surface area (Å²) in [5.41, 5.74) is 0.959. The van der Waals surface area contributed by atoms with Gasteiger partial charge in [-0.3, -0.25) is 9.48 Å². The molecular weight excluding hydrogens is 252 g/mol. The number of benzene rings is 1. The zero-order valence-corrected chi connectivity index (χ0v) is 10.5. The van der Waals surface area contributed by atoms with Gasteiger partial charge in [-0.15, -0.1) is 0 Å². The molecule has 0 saturated carbocycles. The molecule has 0 spiro atoms. The van der Waals surface area contributed by atoms with Crippen molar-refractivity contribution in [2.45, 2.75) is 13.3 Å². The van der Waals surface area contributed by atoms with E-state index in [1.54, 1.807) is 12.1 Å². The summed E-state index contributed by atoms with van der Waals surface area (Å²) < 4.78 is 26.2. The number of amides is 1. The molecule has 4 nitrogen and oxygen atoms in total. The van der Waals surface area contributed by atoms with E-state index < -0.39 is 6.43 Å². The van der Waals surface area contributed by atoms with Gasteiger partial charge in [0.15, 0.2) is 0 Å². The second kappa shape index (κ2) is 5.17. The predicted molar refractivity (Wildman–Crippen MR) is 67.3 cm³/mol. The highest BCUT2D eigenvalue weighted by atomic mass is 19.3. The average molecular weight is 265 g/mol. The molecular formula is C13H13F2N3O. The Balaban J connectivity index is 2.22. The number of halogens is 2. The maximum atomic E-state index is 12.5. The van der Waals surface area contributed by atoms with E-state index in [-0.39, 0.29) is 17.4 Å². The fraction of sp³-hybridized carbons (Fsp3) is 0.231. The molecule has 1 N–H and O–H groups in total. The lowest BCUT2D eigenvalue weighted by Gasteiger charge is -2.07. The fourth-order valence-electron chi connectivity index (χ4n) is 1.72. The molecule has 0 radical (unpaired) electrons. The van der Waals surface area contributed by atoms with E-state index in [1.165, 1.54) is 17.8 Å². The van der Waals surface area contributed by atoms with Crippen molar-refractivity contribution in [1.82, 2.24) is 9.78 Å². The molecule has 0 bridgehead atoms. The summed E-state index contributed by atoms with van der Waals surface area (Å²) in [7, 11) is 1.50. The Morgan fingerprint density at radius 2 is 2.05 bits per heavy atom. The van der Waals surface area contributed by atoms with Crippen LogP contribution in [0, 0.1) is 6.92 Å². The van der Waals surface area contributed by atoms with Crippen molar-refractivity contribution < 1.29 is 13.6 Å². The van der Waals surface area contributed by atoms with Crippen LogP contribution in [-0.2, 0) is 7.05 Å². The number of aromatic nitrogens is 2. The number of carbonyl (C=O) groups is 1. The van der Waals surface area contributed by atoms with Gasteiger partial charge in [-0.25, -0.2) is 8.78 Å². The Morgan fingerprint density at radius 3 is 2.63 bits per heavy atom. The molecule has 0 fully saturated rings. The zero-order valence-electron chi connectivity index (χ0n) is 10.5. The summed E-state index contributed by atoms with van der Waals surface area (Å²) in [5, 5.41) is 6.20. The zero-order chi connectivity index (χ0) is 14.0. The standard InChI is InChI=1S/C13H13F2N3O/c1-8-5-3-4-6-9(8)13(19)16-11-7-10(12(14)15)17-18(11)2/h3-7,12H,1-2H3,(H,16,19). The van der Waals surface area contributed by atoms with Crippen LogP contribution >= 0.6 is 0 Å². The largest absolute Gasteiger partial charge is 0.307 e. The van der Waals surface area contributed by atoms with E-state index >= 15 is 0 Å². The van der Waals surface area contributed by atoms with Gasteiger partial charge in [0, 0.05) is 18.7 Å². The molecule has 0 aliphatic carbocycles. The van der Waals surface area contributed by atoms with Gasteiger partial charge in [0.2, 0.25) is 0 Å². The quantitative estimate of drug-likeness (QED) is 0.927. The molecule has 1 aromatic carbocycles. The van der Waals surface area contributed by atoms with Crippen LogP contribution in [0.2, 0.25) is 0 Å². The molecule has 19 heavy (non-hydrogen) atoms. The second-order valence-corrected chi connectivity index (χ2v) is 4.15. The van der Waals surface area contributed by atoms with Crippen molar-refractivity contribution in [3.63, 3.8) is 0 Å². The third-order valence-electron chi connectivity index (χ3n) is 2.75. The third kappa shape index (κ3) is 2.78. The van der Waals surface area contributed by atoms with Crippen molar-refractivity contribution in [3.8, 4) is 0 Å².